The average molecular weight is 832 g/mol. The van der Waals surface area contributed by atoms with Gasteiger partial charge in [0.15, 0.2) is 0 Å². The first kappa shape index (κ1) is 41.7. The lowest BCUT2D eigenvalue weighted by Crippen LogP contribution is -2.65. The van der Waals surface area contributed by atoms with Crippen molar-refractivity contribution in [3.05, 3.63) is 167 Å². The highest BCUT2D eigenvalue weighted by molar-refractivity contribution is 8.00. The number of nitrogens with one attached hydrogen (secondary N) is 1. The number of carbonyl (C=O) groups is 2. The third-order valence-electron chi connectivity index (χ3n) is 14.5. The van der Waals surface area contributed by atoms with Gasteiger partial charge < -0.3 is 19.4 Å². The molecule has 1 aliphatic heterocycles. The van der Waals surface area contributed by atoms with Gasteiger partial charge in [0.1, 0.15) is 6.61 Å². The first-order valence-corrected chi connectivity index (χ1v) is 23.3. The van der Waals surface area contributed by atoms with E-state index in [-0.39, 0.29) is 54.2 Å². The van der Waals surface area contributed by atoms with E-state index in [1.54, 1.807) is 11.8 Å². The van der Waals surface area contributed by atoms with Crippen LogP contribution in [0, 0.1) is 29.1 Å². The fourth-order valence-corrected chi connectivity index (χ4v) is 12.8. The molecule has 5 aromatic carbocycles. The van der Waals surface area contributed by atoms with Crippen molar-refractivity contribution in [2.24, 2.45) is 29.1 Å². The van der Waals surface area contributed by atoms with Crippen molar-refractivity contribution >= 4 is 30.8 Å². The first-order valence-electron chi connectivity index (χ1n) is 22.3. The lowest BCUT2D eigenvalue weighted by molar-refractivity contribution is -0.199. The number of thioether (sulfide) groups is 1. The van der Waals surface area contributed by atoms with E-state index in [1.165, 1.54) is 11.1 Å². The Balaban J connectivity index is 1.02. The largest absolute Gasteiger partial charge is 0.481 e. The van der Waals surface area contributed by atoms with E-state index in [1.807, 2.05) is 30.3 Å². The lowest BCUT2D eigenvalue weighted by Gasteiger charge is -2.64. The summed E-state index contributed by atoms with van der Waals surface area (Å²) >= 11 is 1.69. The summed E-state index contributed by atoms with van der Waals surface area (Å²) in [4.78, 5) is 29.3. The minimum Gasteiger partial charge on any atom is -0.465 e. The molecule has 4 aliphatic carbocycles. The summed E-state index contributed by atoms with van der Waals surface area (Å²) in [5, 5.41) is 3.44. The number of hydrogen-bond acceptors (Lipinski definition) is 6. The van der Waals surface area contributed by atoms with Crippen molar-refractivity contribution in [1.82, 2.24) is 5.32 Å². The van der Waals surface area contributed by atoms with E-state index < -0.39 is 23.4 Å². The Morgan fingerprint density at radius 1 is 0.770 bits per heavy atom. The quantitative estimate of drug-likeness (QED) is 0.0644. The molecule has 10 rings (SSSR count). The Kier molecular flexibility index (Phi) is 11.6. The van der Waals surface area contributed by atoms with Gasteiger partial charge in [-0.2, -0.15) is 0 Å². The van der Waals surface area contributed by atoms with Crippen molar-refractivity contribution in [2.75, 3.05) is 12.4 Å². The van der Waals surface area contributed by atoms with Crippen molar-refractivity contribution < 1.29 is 23.6 Å². The van der Waals surface area contributed by atoms with Crippen LogP contribution in [-0.4, -0.2) is 49.0 Å². The highest BCUT2D eigenvalue weighted by atomic mass is 32.2. The first-order chi connectivity index (χ1) is 29.5. The molecule has 5 aliphatic rings. The summed E-state index contributed by atoms with van der Waals surface area (Å²) in [5.74, 6) is -0.0913. The molecule has 8 heteroatoms. The smallest absolute Gasteiger partial charge is 0.465 e. The van der Waals surface area contributed by atoms with E-state index in [0.29, 0.717) is 24.0 Å². The highest BCUT2D eigenvalue weighted by Crippen LogP contribution is 2.66. The second-order valence-corrected chi connectivity index (χ2v) is 20.2. The molecule has 0 aromatic heterocycles. The van der Waals surface area contributed by atoms with Crippen LogP contribution in [0.1, 0.15) is 94.0 Å². The molecule has 1 saturated heterocycles. The molecule has 5 aromatic rings. The molecule has 0 unspecified atom stereocenters. The van der Waals surface area contributed by atoms with Gasteiger partial charge in [-0.15, -0.1) is 11.8 Å². The van der Waals surface area contributed by atoms with E-state index >= 15 is 4.79 Å². The molecular weight excluding hydrogens is 773 g/mol. The maximum atomic E-state index is 15.1. The summed E-state index contributed by atoms with van der Waals surface area (Å²) in [6.07, 6.45) is 2.74. The van der Waals surface area contributed by atoms with Crippen LogP contribution in [0.3, 0.4) is 0 Å². The number of esters is 1. The van der Waals surface area contributed by atoms with Gasteiger partial charge in [0.25, 0.3) is 0 Å². The monoisotopic (exact) mass is 831 g/mol. The topological polar surface area (TPSA) is 73.9 Å². The summed E-state index contributed by atoms with van der Waals surface area (Å²) in [5.41, 5.74) is 7.75. The summed E-state index contributed by atoms with van der Waals surface area (Å²) in [7, 11) is -0.573. The molecule has 4 fully saturated rings. The Labute approximate surface area is 366 Å². The number of ether oxygens (including phenoxy) is 1. The van der Waals surface area contributed by atoms with Gasteiger partial charge in [-0.1, -0.05) is 167 Å². The van der Waals surface area contributed by atoms with Crippen molar-refractivity contribution in [1.29, 1.82) is 0 Å². The Hall–Kier alpha value is -4.63. The number of rotatable bonds is 15. The maximum Gasteiger partial charge on any atom is 0.481 e. The molecular formula is C53H58BNO5S. The minimum atomic E-state index is -0.711. The summed E-state index contributed by atoms with van der Waals surface area (Å²) in [6, 6.07) is 48.2. The number of fused-ring (bicyclic) bond motifs is 3. The predicted octanol–water partition coefficient (Wildman–Crippen LogP) is 10.9. The van der Waals surface area contributed by atoms with Gasteiger partial charge in [-0.25, -0.2) is 0 Å². The third-order valence-corrected chi connectivity index (χ3v) is 16.3. The van der Waals surface area contributed by atoms with Crippen LogP contribution in [0.4, 0.5) is 0 Å². The molecule has 1 amide bonds. The van der Waals surface area contributed by atoms with E-state index in [0.717, 1.165) is 40.7 Å². The van der Waals surface area contributed by atoms with Crippen molar-refractivity contribution in [3.8, 4) is 11.1 Å². The second kappa shape index (κ2) is 16.9. The SMILES string of the molecule is CC(C)C[C@H](NC(=O)[C@H](CSC(c1ccccc1)(c1ccccc1)c1ccccc1)CC(=O)OCC1c2ccccc2-c2ccccc21)B1O[C@@H]2C[C@@H]3C[C@@H](C3(C)C)[C@]2(C)O1. The standard InChI is InChI=1S/C53H58BNO5S/c1-35(2)29-48(54-59-47-32-40-31-46(51(40,3)4)52(47,5)60-54)55-50(57)36(30-49(56)58-33-45-43-27-17-15-25-41(43)42-26-16-18-28-44(42)45)34-61-53(37-19-9-6-10-20-37,38-21-11-7-12-22-38)39-23-13-8-14-24-39/h6-28,35-36,40,45-48H,29-34H2,1-5H3,(H,55,57)/t36-,40-,46-,47+,48-,52-/m0/s1. The van der Waals surface area contributed by atoms with Crippen LogP contribution in [0.5, 0.6) is 0 Å². The average Bonchev–Trinajstić information content (AvgIpc) is 3.81. The van der Waals surface area contributed by atoms with E-state index in [9.17, 15) is 4.79 Å². The van der Waals surface area contributed by atoms with Gasteiger partial charge in [-0.05, 0) is 88.3 Å². The van der Waals surface area contributed by atoms with Gasteiger partial charge in [0, 0.05) is 11.7 Å². The zero-order valence-electron chi connectivity index (χ0n) is 36.1. The molecule has 0 radical (unpaired) electrons. The van der Waals surface area contributed by atoms with Gasteiger partial charge in [0.2, 0.25) is 5.91 Å². The van der Waals surface area contributed by atoms with Crippen LogP contribution in [0.15, 0.2) is 140 Å². The predicted molar refractivity (Wildman–Crippen MR) is 246 cm³/mol. The van der Waals surface area contributed by atoms with Crippen LogP contribution in [0.2, 0.25) is 0 Å². The Morgan fingerprint density at radius 2 is 1.30 bits per heavy atom. The van der Waals surface area contributed by atoms with Gasteiger partial charge >= 0.3 is 13.1 Å². The zero-order chi connectivity index (χ0) is 42.4. The Morgan fingerprint density at radius 3 is 1.82 bits per heavy atom. The van der Waals surface area contributed by atoms with E-state index in [2.05, 4.69) is 149 Å². The van der Waals surface area contributed by atoms with Crippen molar-refractivity contribution in [2.45, 2.75) is 88.6 Å². The normalized spacial score (nSPS) is 23.3. The van der Waals surface area contributed by atoms with Gasteiger partial charge in [0.05, 0.1) is 34.7 Å². The van der Waals surface area contributed by atoms with Crippen LogP contribution in [-0.2, 0) is 28.4 Å². The van der Waals surface area contributed by atoms with Crippen LogP contribution in [0.25, 0.3) is 11.1 Å². The molecule has 2 bridgehead atoms. The van der Waals surface area contributed by atoms with Gasteiger partial charge in [-0.3, -0.25) is 9.59 Å². The zero-order valence-corrected chi connectivity index (χ0v) is 36.9. The number of hydrogen-bond donors (Lipinski definition) is 1. The molecule has 6 nitrogen and oxygen atoms in total. The molecule has 6 atom stereocenters. The number of amides is 1. The molecule has 1 heterocycles. The maximum absolute atomic E-state index is 15.1. The Bertz CT molecular complexity index is 2200. The molecule has 3 saturated carbocycles. The highest BCUT2D eigenvalue weighted by Gasteiger charge is 2.68. The summed E-state index contributed by atoms with van der Waals surface area (Å²) in [6.45, 7) is 11.5. The lowest BCUT2D eigenvalue weighted by atomic mass is 9.43. The summed E-state index contributed by atoms with van der Waals surface area (Å²) < 4.78 is 19.3. The fraction of sp³-hybridized carbons (Fsp3) is 0.396. The molecule has 0 spiro atoms. The molecule has 61 heavy (non-hydrogen) atoms. The molecule has 314 valence electrons. The molecule has 1 N–H and O–H groups in total. The minimum absolute atomic E-state index is 0.00347. The van der Waals surface area contributed by atoms with Crippen LogP contribution >= 0.6 is 11.8 Å². The fourth-order valence-electron chi connectivity index (χ4n) is 11.2. The third kappa shape index (κ3) is 7.67. The van der Waals surface area contributed by atoms with Crippen LogP contribution < -0.4 is 5.32 Å². The van der Waals surface area contributed by atoms with E-state index in [4.69, 9.17) is 14.0 Å². The second-order valence-electron chi connectivity index (χ2n) is 19.0. The van der Waals surface area contributed by atoms with Crippen molar-refractivity contribution in [3.63, 3.8) is 0 Å². The number of carbonyl (C=O) groups excluding carboxylic acids is 2. The number of benzene rings is 5.